The number of nitrogens with zero attached hydrogens (tertiary/aromatic N) is 1. The molecular weight excluding hydrogens is 278 g/mol. The van der Waals surface area contributed by atoms with Gasteiger partial charge in [-0.15, -0.1) is 11.8 Å². The summed E-state index contributed by atoms with van der Waals surface area (Å²) in [5.41, 5.74) is 1.18. The summed E-state index contributed by atoms with van der Waals surface area (Å²) in [4.78, 5) is 1.67. The lowest BCUT2D eigenvalue weighted by atomic mass is 10.1. The molecule has 1 aromatic rings. The van der Waals surface area contributed by atoms with Crippen molar-refractivity contribution in [3.8, 4) is 0 Å². The zero-order chi connectivity index (χ0) is 13.9. The Morgan fingerprint density at radius 2 is 2.16 bits per heavy atom. The van der Waals surface area contributed by atoms with Gasteiger partial charge in [0.15, 0.2) is 0 Å². The summed E-state index contributed by atoms with van der Waals surface area (Å²) in [6.45, 7) is 2.65. The zero-order valence-electron chi connectivity index (χ0n) is 11.6. The summed E-state index contributed by atoms with van der Waals surface area (Å²) in [6, 6.07) is 5.56. The minimum Gasteiger partial charge on any atom is -0.207 e. The van der Waals surface area contributed by atoms with Crippen LogP contribution in [0, 0.1) is 0 Å². The third kappa shape index (κ3) is 3.33. The standard InChI is InChI=1S/C14H21NO2S2/c1-3-4-9-15(2)19(16,17)13-7-8-14-12(11-13)6-5-10-18-14/h7-8,11H,3-6,9-10H2,1-2H3. The highest BCUT2D eigenvalue weighted by Gasteiger charge is 2.22. The lowest BCUT2D eigenvalue weighted by molar-refractivity contribution is 0.459. The van der Waals surface area contributed by atoms with Crippen molar-refractivity contribution in [3.63, 3.8) is 0 Å². The first kappa shape index (κ1) is 14.9. The maximum Gasteiger partial charge on any atom is 0.242 e. The van der Waals surface area contributed by atoms with Gasteiger partial charge in [-0.2, -0.15) is 0 Å². The largest absolute Gasteiger partial charge is 0.242 e. The Hall–Kier alpha value is -0.520. The molecule has 0 aromatic heterocycles. The minimum absolute atomic E-state index is 0.437. The van der Waals surface area contributed by atoms with Crippen LogP contribution in [0.25, 0.3) is 0 Å². The van der Waals surface area contributed by atoms with E-state index in [9.17, 15) is 8.42 Å². The predicted molar refractivity (Wildman–Crippen MR) is 80.2 cm³/mol. The van der Waals surface area contributed by atoms with Gasteiger partial charge in [-0.05, 0) is 48.8 Å². The second-order valence-electron chi connectivity index (χ2n) is 4.90. The molecule has 1 aromatic carbocycles. The van der Waals surface area contributed by atoms with Crippen LogP contribution in [0.2, 0.25) is 0 Å². The van der Waals surface area contributed by atoms with Crippen molar-refractivity contribution < 1.29 is 8.42 Å². The van der Waals surface area contributed by atoms with Crippen molar-refractivity contribution in [2.24, 2.45) is 0 Å². The fourth-order valence-electron chi connectivity index (χ4n) is 2.18. The van der Waals surface area contributed by atoms with Crippen LogP contribution in [0.4, 0.5) is 0 Å². The molecule has 0 unspecified atom stereocenters. The quantitative estimate of drug-likeness (QED) is 0.838. The van der Waals surface area contributed by atoms with Crippen molar-refractivity contribution in [2.75, 3.05) is 19.3 Å². The molecule has 0 aliphatic carbocycles. The molecule has 0 saturated carbocycles. The molecule has 106 valence electrons. The number of hydrogen-bond donors (Lipinski definition) is 0. The van der Waals surface area contributed by atoms with Crippen LogP contribution in [-0.2, 0) is 16.4 Å². The summed E-state index contributed by atoms with van der Waals surface area (Å²) >= 11 is 1.82. The van der Waals surface area contributed by atoms with Gasteiger partial charge in [-0.25, -0.2) is 12.7 Å². The van der Waals surface area contributed by atoms with Crippen LogP contribution >= 0.6 is 11.8 Å². The van der Waals surface area contributed by atoms with Crippen molar-refractivity contribution >= 4 is 21.8 Å². The molecule has 0 spiro atoms. The molecule has 19 heavy (non-hydrogen) atoms. The number of rotatable bonds is 5. The maximum atomic E-state index is 12.4. The van der Waals surface area contributed by atoms with Crippen molar-refractivity contribution in [2.45, 2.75) is 42.4 Å². The predicted octanol–water partition coefficient (Wildman–Crippen LogP) is 3.15. The van der Waals surface area contributed by atoms with Gasteiger partial charge in [-0.3, -0.25) is 0 Å². The lowest BCUT2D eigenvalue weighted by Crippen LogP contribution is -2.28. The normalized spacial score (nSPS) is 15.5. The molecule has 0 N–H and O–H groups in total. The van der Waals surface area contributed by atoms with Gasteiger partial charge in [0.25, 0.3) is 0 Å². The molecule has 0 fully saturated rings. The van der Waals surface area contributed by atoms with Gasteiger partial charge in [0.2, 0.25) is 10.0 Å². The Labute approximate surface area is 120 Å². The van der Waals surface area contributed by atoms with Gasteiger partial charge in [-0.1, -0.05) is 13.3 Å². The number of hydrogen-bond acceptors (Lipinski definition) is 3. The van der Waals surface area contributed by atoms with Gasteiger partial charge < -0.3 is 0 Å². The molecule has 1 aliphatic heterocycles. The van der Waals surface area contributed by atoms with Crippen LogP contribution in [0.15, 0.2) is 28.0 Å². The summed E-state index contributed by atoms with van der Waals surface area (Å²) in [5.74, 6) is 1.13. The summed E-state index contributed by atoms with van der Waals surface area (Å²) in [7, 11) is -1.65. The summed E-state index contributed by atoms with van der Waals surface area (Å²) in [5, 5.41) is 0. The Balaban J connectivity index is 2.25. The third-order valence-corrected chi connectivity index (χ3v) is 6.47. The minimum atomic E-state index is -3.32. The average Bonchev–Trinajstić information content (AvgIpc) is 2.44. The van der Waals surface area contributed by atoms with Gasteiger partial charge in [0.1, 0.15) is 0 Å². The first-order valence-electron chi connectivity index (χ1n) is 6.77. The van der Waals surface area contributed by atoms with E-state index in [0.29, 0.717) is 11.4 Å². The van der Waals surface area contributed by atoms with E-state index < -0.39 is 10.0 Å². The first-order valence-corrected chi connectivity index (χ1v) is 9.20. The number of benzene rings is 1. The van der Waals surface area contributed by atoms with E-state index >= 15 is 0 Å². The summed E-state index contributed by atoms with van der Waals surface area (Å²) in [6.07, 6.45) is 4.02. The number of aryl methyl sites for hydroxylation is 1. The van der Waals surface area contributed by atoms with E-state index in [1.807, 2.05) is 23.9 Å². The smallest absolute Gasteiger partial charge is 0.207 e. The SMILES string of the molecule is CCCCN(C)S(=O)(=O)c1ccc2c(c1)CCCS2. The highest BCUT2D eigenvalue weighted by Crippen LogP contribution is 2.32. The molecule has 1 heterocycles. The van der Waals surface area contributed by atoms with Gasteiger partial charge in [0, 0.05) is 18.5 Å². The van der Waals surface area contributed by atoms with Crippen molar-refractivity contribution in [3.05, 3.63) is 23.8 Å². The van der Waals surface area contributed by atoms with E-state index in [1.165, 1.54) is 14.8 Å². The maximum absolute atomic E-state index is 12.4. The van der Waals surface area contributed by atoms with Gasteiger partial charge >= 0.3 is 0 Å². The second kappa shape index (κ2) is 6.29. The first-order chi connectivity index (χ1) is 9.05. The Morgan fingerprint density at radius 1 is 1.37 bits per heavy atom. The van der Waals surface area contributed by atoms with Crippen LogP contribution < -0.4 is 0 Å². The Bertz CT molecular complexity index is 540. The van der Waals surface area contributed by atoms with Crippen molar-refractivity contribution in [1.29, 1.82) is 0 Å². The molecule has 5 heteroatoms. The Morgan fingerprint density at radius 3 is 2.89 bits per heavy atom. The van der Waals surface area contributed by atoms with E-state index in [1.54, 1.807) is 13.1 Å². The number of sulfonamides is 1. The average molecular weight is 299 g/mol. The molecule has 3 nitrogen and oxygen atoms in total. The fraction of sp³-hybridized carbons (Fsp3) is 0.571. The molecule has 2 rings (SSSR count). The third-order valence-electron chi connectivity index (χ3n) is 3.41. The summed E-state index contributed by atoms with van der Waals surface area (Å²) < 4.78 is 26.4. The fourth-order valence-corrected chi connectivity index (χ4v) is 4.46. The van der Waals surface area contributed by atoms with Gasteiger partial charge in [0.05, 0.1) is 4.90 Å². The van der Waals surface area contributed by atoms with Crippen LogP contribution in [0.3, 0.4) is 0 Å². The molecule has 0 radical (unpaired) electrons. The topological polar surface area (TPSA) is 37.4 Å². The molecule has 1 aliphatic rings. The molecule has 0 atom stereocenters. The van der Waals surface area contributed by atoms with Crippen LogP contribution in [-0.4, -0.2) is 32.1 Å². The van der Waals surface area contributed by atoms with Crippen molar-refractivity contribution in [1.82, 2.24) is 4.31 Å². The highest BCUT2D eigenvalue weighted by atomic mass is 32.2. The van der Waals surface area contributed by atoms with E-state index in [-0.39, 0.29) is 0 Å². The monoisotopic (exact) mass is 299 g/mol. The van der Waals surface area contributed by atoms with Crippen LogP contribution in [0.1, 0.15) is 31.7 Å². The highest BCUT2D eigenvalue weighted by molar-refractivity contribution is 7.99. The molecule has 0 saturated heterocycles. The van der Waals surface area contributed by atoms with E-state index in [4.69, 9.17) is 0 Å². The Kier molecular flexibility index (Phi) is 4.92. The van der Waals surface area contributed by atoms with E-state index in [0.717, 1.165) is 31.4 Å². The lowest BCUT2D eigenvalue weighted by Gasteiger charge is -2.20. The van der Waals surface area contributed by atoms with Crippen LogP contribution in [0.5, 0.6) is 0 Å². The number of fused-ring (bicyclic) bond motifs is 1. The molecule has 0 amide bonds. The molecule has 0 bridgehead atoms. The number of thioether (sulfide) groups is 1. The molecular formula is C14H21NO2S2. The van der Waals surface area contributed by atoms with E-state index in [2.05, 4.69) is 6.92 Å². The number of unbranched alkanes of at least 4 members (excludes halogenated alkanes) is 1. The zero-order valence-corrected chi connectivity index (χ0v) is 13.2. The second-order valence-corrected chi connectivity index (χ2v) is 8.08.